The molecule has 2 radical (unpaired) electrons. The zero-order valence-corrected chi connectivity index (χ0v) is 8.94. The predicted octanol–water partition coefficient (Wildman–Crippen LogP) is 0.432. The van der Waals surface area contributed by atoms with Crippen LogP contribution in [0.25, 0.3) is 0 Å². The lowest BCUT2D eigenvalue weighted by Crippen LogP contribution is -2.26. The van der Waals surface area contributed by atoms with Gasteiger partial charge in [-0.1, -0.05) is 29.7 Å². The van der Waals surface area contributed by atoms with Crippen molar-refractivity contribution in [3.63, 3.8) is 0 Å². The molecule has 3 nitrogen and oxygen atoms in total. The van der Waals surface area contributed by atoms with Crippen LogP contribution in [0, 0.1) is 0 Å². The number of rotatable bonds is 3. The standard InChI is InChI=1S/C11H14BNO2/c1-7(2)15-11(14)10(13)8-3-5-9(12)6-4-8/h3-7,10H,13H2,1-2H3. The third-order valence-corrected chi connectivity index (χ3v) is 1.90. The lowest BCUT2D eigenvalue weighted by atomic mass is 9.94. The van der Waals surface area contributed by atoms with Crippen LogP contribution >= 0.6 is 0 Å². The Morgan fingerprint density at radius 3 is 2.33 bits per heavy atom. The van der Waals surface area contributed by atoms with E-state index in [0.717, 1.165) is 0 Å². The topological polar surface area (TPSA) is 52.3 Å². The summed E-state index contributed by atoms with van der Waals surface area (Å²) in [6.07, 6.45) is -0.155. The second-order valence-electron chi connectivity index (χ2n) is 3.63. The van der Waals surface area contributed by atoms with Gasteiger partial charge < -0.3 is 10.5 Å². The summed E-state index contributed by atoms with van der Waals surface area (Å²) in [5.41, 5.74) is 7.07. The van der Waals surface area contributed by atoms with Crippen LogP contribution in [0.15, 0.2) is 24.3 Å². The highest BCUT2D eigenvalue weighted by Gasteiger charge is 2.17. The van der Waals surface area contributed by atoms with Crippen molar-refractivity contribution in [2.45, 2.75) is 26.0 Å². The zero-order chi connectivity index (χ0) is 11.4. The van der Waals surface area contributed by atoms with Crippen LogP contribution < -0.4 is 11.2 Å². The number of esters is 1. The van der Waals surface area contributed by atoms with E-state index in [2.05, 4.69) is 0 Å². The van der Waals surface area contributed by atoms with Crippen LogP contribution in [-0.4, -0.2) is 19.9 Å². The summed E-state index contributed by atoms with van der Waals surface area (Å²) in [5, 5.41) is 0. The predicted molar refractivity (Wildman–Crippen MR) is 60.0 cm³/mol. The van der Waals surface area contributed by atoms with E-state index in [9.17, 15) is 4.79 Å². The van der Waals surface area contributed by atoms with Crippen molar-refractivity contribution in [2.75, 3.05) is 0 Å². The van der Waals surface area contributed by atoms with E-state index in [1.54, 1.807) is 38.1 Å². The first-order valence-electron chi connectivity index (χ1n) is 4.82. The molecular weight excluding hydrogens is 189 g/mol. The van der Waals surface area contributed by atoms with Gasteiger partial charge in [0.2, 0.25) is 0 Å². The van der Waals surface area contributed by atoms with Gasteiger partial charge in [-0.15, -0.1) is 0 Å². The summed E-state index contributed by atoms with van der Waals surface area (Å²) in [7, 11) is 5.53. The molecule has 0 fully saturated rings. The zero-order valence-electron chi connectivity index (χ0n) is 8.94. The molecule has 4 heteroatoms. The number of nitrogens with two attached hydrogens (primary N) is 1. The number of ether oxygens (including phenoxy) is 1. The summed E-state index contributed by atoms with van der Waals surface area (Å²) in [6.45, 7) is 3.57. The molecule has 1 atom stereocenters. The Morgan fingerprint density at radius 2 is 1.87 bits per heavy atom. The Morgan fingerprint density at radius 1 is 1.33 bits per heavy atom. The maximum absolute atomic E-state index is 11.5. The van der Waals surface area contributed by atoms with Crippen LogP contribution in [0.3, 0.4) is 0 Å². The summed E-state index contributed by atoms with van der Waals surface area (Å²) in [6, 6.07) is 6.12. The monoisotopic (exact) mass is 203 g/mol. The van der Waals surface area contributed by atoms with Gasteiger partial charge >= 0.3 is 5.97 Å². The third kappa shape index (κ3) is 3.40. The molecule has 1 aromatic carbocycles. The van der Waals surface area contributed by atoms with Gasteiger partial charge in [-0.05, 0) is 19.4 Å². The van der Waals surface area contributed by atoms with E-state index < -0.39 is 12.0 Å². The molecule has 1 unspecified atom stereocenters. The van der Waals surface area contributed by atoms with Gasteiger partial charge in [0.25, 0.3) is 0 Å². The van der Waals surface area contributed by atoms with Crippen molar-refractivity contribution >= 4 is 19.3 Å². The van der Waals surface area contributed by atoms with Crippen LogP contribution in [0.1, 0.15) is 25.5 Å². The second-order valence-corrected chi connectivity index (χ2v) is 3.63. The number of hydrogen-bond donors (Lipinski definition) is 1. The fourth-order valence-electron chi connectivity index (χ4n) is 1.15. The highest BCUT2D eigenvalue weighted by molar-refractivity contribution is 6.32. The largest absolute Gasteiger partial charge is 0.462 e. The highest BCUT2D eigenvalue weighted by atomic mass is 16.5. The SMILES string of the molecule is [B]c1ccc(C(N)C(=O)OC(C)C)cc1. The van der Waals surface area contributed by atoms with Gasteiger partial charge in [-0.3, -0.25) is 0 Å². The minimum absolute atomic E-state index is 0.155. The van der Waals surface area contributed by atoms with Crippen molar-refractivity contribution in [1.82, 2.24) is 0 Å². The molecule has 0 saturated carbocycles. The second kappa shape index (κ2) is 4.98. The average molecular weight is 203 g/mol. The van der Waals surface area contributed by atoms with Gasteiger partial charge in [-0.2, -0.15) is 0 Å². The lowest BCUT2D eigenvalue weighted by molar-refractivity contribution is -0.149. The van der Waals surface area contributed by atoms with Gasteiger partial charge in [0.1, 0.15) is 13.9 Å². The number of hydrogen-bond acceptors (Lipinski definition) is 3. The molecule has 0 aliphatic carbocycles. The fraction of sp³-hybridized carbons (Fsp3) is 0.364. The maximum atomic E-state index is 11.5. The van der Waals surface area contributed by atoms with Crippen LogP contribution in [0.4, 0.5) is 0 Å². The highest BCUT2D eigenvalue weighted by Crippen LogP contribution is 2.11. The van der Waals surface area contributed by atoms with Crippen LogP contribution in [0.2, 0.25) is 0 Å². The Labute approximate surface area is 91.0 Å². The first-order valence-corrected chi connectivity index (χ1v) is 4.82. The van der Waals surface area contributed by atoms with Crippen LogP contribution in [0.5, 0.6) is 0 Å². The normalized spacial score (nSPS) is 12.5. The Kier molecular flexibility index (Phi) is 3.92. The molecule has 0 saturated heterocycles. The van der Waals surface area contributed by atoms with Crippen molar-refractivity contribution in [3.8, 4) is 0 Å². The van der Waals surface area contributed by atoms with Gasteiger partial charge in [0.15, 0.2) is 0 Å². The molecule has 1 rings (SSSR count). The first-order chi connectivity index (χ1) is 7.00. The van der Waals surface area contributed by atoms with E-state index in [1.165, 1.54) is 0 Å². The maximum Gasteiger partial charge on any atom is 0.327 e. The van der Waals surface area contributed by atoms with Crippen LogP contribution in [-0.2, 0) is 9.53 Å². The molecule has 0 heterocycles. The fourth-order valence-corrected chi connectivity index (χ4v) is 1.15. The summed E-state index contributed by atoms with van der Waals surface area (Å²) >= 11 is 0. The number of carbonyl (C=O) groups excluding carboxylic acids is 1. The van der Waals surface area contributed by atoms with E-state index >= 15 is 0 Å². The number of carbonyl (C=O) groups is 1. The van der Waals surface area contributed by atoms with Crippen molar-refractivity contribution in [2.24, 2.45) is 5.73 Å². The molecule has 0 aromatic heterocycles. The molecule has 0 bridgehead atoms. The summed E-state index contributed by atoms with van der Waals surface area (Å²) in [4.78, 5) is 11.5. The molecule has 2 N–H and O–H groups in total. The molecule has 0 aliphatic heterocycles. The third-order valence-electron chi connectivity index (χ3n) is 1.90. The Hall–Kier alpha value is -1.29. The van der Waals surface area contributed by atoms with Crippen molar-refractivity contribution in [3.05, 3.63) is 29.8 Å². The molecule has 0 spiro atoms. The van der Waals surface area contributed by atoms with Gasteiger partial charge in [0.05, 0.1) is 6.10 Å². The number of benzene rings is 1. The van der Waals surface area contributed by atoms with Gasteiger partial charge in [-0.25, -0.2) is 4.79 Å². The minimum Gasteiger partial charge on any atom is -0.462 e. The van der Waals surface area contributed by atoms with Gasteiger partial charge in [0, 0.05) is 0 Å². The molecular formula is C11H14BNO2. The van der Waals surface area contributed by atoms with E-state index in [4.69, 9.17) is 18.3 Å². The van der Waals surface area contributed by atoms with Crippen molar-refractivity contribution in [1.29, 1.82) is 0 Å². The Bertz CT molecular complexity index is 335. The smallest absolute Gasteiger partial charge is 0.327 e. The lowest BCUT2D eigenvalue weighted by Gasteiger charge is -2.14. The minimum atomic E-state index is -0.743. The molecule has 1 aromatic rings. The average Bonchev–Trinajstić information content (AvgIpc) is 2.17. The van der Waals surface area contributed by atoms with Crippen molar-refractivity contribution < 1.29 is 9.53 Å². The van der Waals surface area contributed by atoms with E-state index in [1.807, 2.05) is 0 Å². The quantitative estimate of drug-likeness (QED) is 0.572. The molecule has 15 heavy (non-hydrogen) atoms. The molecule has 78 valence electrons. The summed E-state index contributed by atoms with van der Waals surface area (Å²) < 4.78 is 5.00. The molecule has 0 amide bonds. The molecule has 0 aliphatic rings. The first kappa shape index (κ1) is 11.8. The van der Waals surface area contributed by atoms with E-state index in [-0.39, 0.29) is 6.10 Å². The Balaban J connectivity index is 2.71. The summed E-state index contributed by atoms with van der Waals surface area (Å²) in [5.74, 6) is -0.422. The van der Waals surface area contributed by atoms with E-state index in [0.29, 0.717) is 11.0 Å².